The molecule has 0 unspecified atom stereocenters. The minimum absolute atomic E-state index is 0.290. The molecule has 0 atom stereocenters. The highest BCUT2D eigenvalue weighted by molar-refractivity contribution is 6.26. The van der Waals surface area contributed by atoms with Crippen molar-refractivity contribution in [2.24, 2.45) is 0 Å². The van der Waals surface area contributed by atoms with Crippen LogP contribution in [0.4, 0.5) is 0 Å². The molecule has 1 heterocycles. The van der Waals surface area contributed by atoms with Crippen LogP contribution in [0.3, 0.4) is 0 Å². The molecular weight excluding hydrogens is 615 g/mol. The Hall–Kier alpha value is -6.85. The van der Waals surface area contributed by atoms with Crippen LogP contribution in [0.1, 0.15) is 0 Å². The molecule has 5 heteroatoms. The fraction of sp³-hybridized carbons (Fsp3) is 0. The maximum Gasteiger partial charge on any atom is 0.358 e. The first kappa shape index (κ1) is 28.2. The maximum atomic E-state index is 14.9. The van der Waals surface area contributed by atoms with Gasteiger partial charge in [-0.1, -0.05) is 140 Å². The molecular formula is C45H27N3O2. The molecule has 0 aliphatic rings. The molecule has 0 N–H and O–H groups in total. The van der Waals surface area contributed by atoms with Gasteiger partial charge in [0.05, 0.1) is 11.4 Å². The van der Waals surface area contributed by atoms with Crippen LogP contribution in [-0.2, 0) is 0 Å². The zero-order valence-electron chi connectivity index (χ0n) is 26.7. The first-order chi connectivity index (χ1) is 24.7. The van der Waals surface area contributed by atoms with E-state index in [1.165, 1.54) is 9.95 Å². The summed E-state index contributed by atoms with van der Waals surface area (Å²) in [5.74, 6) is 0.290. The van der Waals surface area contributed by atoms with Crippen molar-refractivity contribution in [3.8, 4) is 22.8 Å². The molecule has 9 aromatic carbocycles. The van der Waals surface area contributed by atoms with Crippen molar-refractivity contribution in [2.45, 2.75) is 0 Å². The van der Waals surface area contributed by atoms with E-state index in [2.05, 4.69) is 89.9 Å². The number of nitrogens with zero attached hydrogens (tertiary/aromatic N) is 3. The smallest absolute Gasteiger partial charge is 0.247 e. The van der Waals surface area contributed by atoms with E-state index in [0.717, 1.165) is 59.2 Å². The van der Waals surface area contributed by atoms with Gasteiger partial charge < -0.3 is 0 Å². The van der Waals surface area contributed by atoms with Crippen molar-refractivity contribution < 1.29 is 0 Å². The predicted molar refractivity (Wildman–Crippen MR) is 206 cm³/mol. The number of hydrogen-bond donors (Lipinski definition) is 0. The molecule has 0 saturated carbocycles. The fourth-order valence-electron chi connectivity index (χ4n) is 7.77. The highest BCUT2D eigenvalue weighted by atomic mass is 16.2. The van der Waals surface area contributed by atoms with Crippen LogP contribution in [0.2, 0.25) is 0 Å². The second-order valence-electron chi connectivity index (χ2n) is 12.7. The monoisotopic (exact) mass is 641 g/mol. The normalized spacial score (nSPS) is 11.8. The second kappa shape index (κ2) is 10.8. The number of aromatic nitrogens is 3. The zero-order valence-corrected chi connectivity index (χ0v) is 26.7. The Morgan fingerprint density at radius 2 is 0.680 bits per heavy atom. The van der Waals surface area contributed by atoms with Crippen LogP contribution < -0.4 is 11.4 Å². The lowest BCUT2D eigenvalue weighted by molar-refractivity contribution is 0.756. The fourth-order valence-corrected chi connectivity index (χ4v) is 7.77. The summed E-state index contributed by atoms with van der Waals surface area (Å²) < 4.78 is 2.77. The van der Waals surface area contributed by atoms with Gasteiger partial charge in [-0.15, -0.1) is 0 Å². The largest absolute Gasteiger partial charge is 0.358 e. The van der Waals surface area contributed by atoms with Crippen LogP contribution in [0.25, 0.3) is 87.4 Å². The lowest BCUT2D eigenvalue weighted by Gasteiger charge is -2.17. The number of hydrogen-bond acceptors (Lipinski definition) is 3. The molecule has 5 nitrogen and oxygen atoms in total. The van der Waals surface area contributed by atoms with E-state index in [1.54, 1.807) is 4.57 Å². The Kier molecular flexibility index (Phi) is 6.11. The zero-order chi connectivity index (χ0) is 33.3. The molecule has 0 saturated heterocycles. The van der Waals surface area contributed by atoms with Crippen molar-refractivity contribution in [1.29, 1.82) is 0 Å². The van der Waals surface area contributed by atoms with Gasteiger partial charge in [0.25, 0.3) is 0 Å². The van der Waals surface area contributed by atoms with Crippen molar-refractivity contribution in [1.82, 2.24) is 14.1 Å². The lowest BCUT2D eigenvalue weighted by Crippen LogP contribution is -2.40. The summed E-state index contributed by atoms with van der Waals surface area (Å²) in [6, 6.07) is 54.7. The van der Waals surface area contributed by atoms with E-state index < -0.39 is 11.4 Å². The third-order valence-corrected chi connectivity index (χ3v) is 9.99. The van der Waals surface area contributed by atoms with Crippen LogP contribution in [0.5, 0.6) is 0 Å². The van der Waals surface area contributed by atoms with E-state index in [0.29, 0.717) is 22.8 Å². The first-order valence-corrected chi connectivity index (χ1v) is 16.6. The Labute approximate surface area is 285 Å². The van der Waals surface area contributed by atoms with Gasteiger partial charge in [-0.3, -0.25) is 0 Å². The summed E-state index contributed by atoms with van der Waals surface area (Å²) in [6.45, 7) is 0. The van der Waals surface area contributed by atoms with Crippen LogP contribution in [0, 0.1) is 0 Å². The van der Waals surface area contributed by atoms with Crippen molar-refractivity contribution in [3.05, 3.63) is 185 Å². The topological polar surface area (TPSA) is 56.9 Å². The molecule has 0 aliphatic heterocycles. The summed E-state index contributed by atoms with van der Waals surface area (Å²) in [5, 5.41) is 13.1. The van der Waals surface area contributed by atoms with Crippen LogP contribution in [-0.4, -0.2) is 14.1 Å². The standard InChI is InChI=1S/C45H27N3O2/c49-44-46-43(28-12-2-1-3-13-28)47(29-22-24-39-35-18-6-4-14-31(35)33-16-8-10-20-37(33)41(39)26-29)45(50)48(44)30-23-25-40-36-19-7-5-15-32(36)34-17-9-11-21-38(34)42(40)27-30/h1-27H. The van der Waals surface area contributed by atoms with Gasteiger partial charge in [-0.05, 0) is 88.9 Å². The molecule has 1 aromatic heterocycles. The quantitative estimate of drug-likeness (QED) is 0.181. The van der Waals surface area contributed by atoms with Crippen LogP contribution in [0.15, 0.2) is 173 Å². The summed E-state index contributed by atoms with van der Waals surface area (Å²) >= 11 is 0. The van der Waals surface area contributed by atoms with Gasteiger partial charge in [0.1, 0.15) is 0 Å². The van der Waals surface area contributed by atoms with Crippen LogP contribution >= 0.6 is 0 Å². The Bertz CT molecular complexity index is 3070. The average molecular weight is 642 g/mol. The Morgan fingerprint density at radius 1 is 0.340 bits per heavy atom. The van der Waals surface area contributed by atoms with E-state index in [-0.39, 0.29) is 0 Å². The van der Waals surface area contributed by atoms with Crippen molar-refractivity contribution in [3.63, 3.8) is 0 Å². The van der Waals surface area contributed by atoms with E-state index in [1.807, 2.05) is 78.9 Å². The van der Waals surface area contributed by atoms with Gasteiger partial charge in [-0.2, -0.15) is 4.98 Å². The molecule has 10 aromatic rings. The Morgan fingerprint density at radius 3 is 1.10 bits per heavy atom. The SMILES string of the molecule is O=c1nc(-c2ccccc2)n(-c2ccc3c4ccccc4c4ccccc4c3c2)c(=O)n1-c1ccc2c3ccccc3c3ccccc3c2c1. The van der Waals surface area contributed by atoms with Gasteiger partial charge in [-0.25, -0.2) is 18.7 Å². The molecule has 234 valence electrons. The maximum absolute atomic E-state index is 14.9. The minimum Gasteiger partial charge on any atom is -0.247 e. The summed E-state index contributed by atoms with van der Waals surface area (Å²) in [6.07, 6.45) is 0. The summed E-state index contributed by atoms with van der Waals surface area (Å²) in [7, 11) is 0. The lowest BCUT2D eigenvalue weighted by atomic mass is 9.94. The molecule has 10 rings (SSSR count). The van der Waals surface area contributed by atoms with E-state index >= 15 is 0 Å². The molecule has 0 bridgehead atoms. The molecule has 50 heavy (non-hydrogen) atoms. The van der Waals surface area contributed by atoms with E-state index in [9.17, 15) is 9.59 Å². The molecule has 0 radical (unpaired) electrons. The second-order valence-corrected chi connectivity index (χ2v) is 12.7. The number of benzene rings is 9. The van der Waals surface area contributed by atoms with E-state index in [4.69, 9.17) is 0 Å². The third kappa shape index (κ3) is 4.10. The van der Waals surface area contributed by atoms with Gasteiger partial charge in [0.2, 0.25) is 0 Å². The summed E-state index contributed by atoms with van der Waals surface area (Å²) in [5.41, 5.74) is 0.643. The first-order valence-electron chi connectivity index (χ1n) is 16.6. The van der Waals surface area contributed by atoms with Crippen molar-refractivity contribution >= 4 is 64.6 Å². The molecule has 0 amide bonds. The average Bonchev–Trinajstić information content (AvgIpc) is 3.18. The predicted octanol–water partition coefficient (Wildman–Crippen LogP) is 9.97. The molecule has 0 fully saturated rings. The van der Waals surface area contributed by atoms with Gasteiger partial charge in [0.15, 0.2) is 5.82 Å². The number of fused-ring (bicyclic) bond motifs is 12. The highest BCUT2D eigenvalue weighted by Gasteiger charge is 2.20. The van der Waals surface area contributed by atoms with Gasteiger partial charge >= 0.3 is 11.4 Å². The molecule has 0 spiro atoms. The van der Waals surface area contributed by atoms with Gasteiger partial charge in [0, 0.05) is 5.56 Å². The third-order valence-electron chi connectivity index (χ3n) is 9.99. The summed E-state index contributed by atoms with van der Waals surface area (Å²) in [4.78, 5) is 33.5. The number of rotatable bonds is 3. The Balaban J connectivity index is 1.28. The minimum atomic E-state index is -0.633. The highest BCUT2D eigenvalue weighted by Crippen LogP contribution is 2.37. The molecule has 0 aliphatic carbocycles. The van der Waals surface area contributed by atoms with Crippen molar-refractivity contribution in [2.75, 3.05) is 0 Å².